The Labute approximate surface area is 138 Å². The molecule has 0 aliphatic rings. The Balaban J connectivity index is 1.58. The number of hydrogen-bond donors (Lipinski definition) is 0. The lowest BCUT2D eigenvalue weighted by Gasteiger charge is -2.10. The van der Waals surface area contributed by atoms with Crippen molar-refractivity contribution in [3.8, 4) is 17.2 Å². The summed E-state index contributed by atoms with van der Waals surface area (Å²) in [7, 11) is 0. The number of esters is 1. The predicted octanol–water partition coefficient (Wildman–Crippen LogP) is 2.26. The normalized spacial score (nSPS) is 10.4. The van der Waals surface area contributed by atoms with Crippen molar-refractivity contribution >= 4 is 5.97 Å². The first-order valence-corrected chi connectivity index (χ1v) is 7.36. The van der Waals surface area contributed by atoms with E-state index in [-0.39, 0.29) is 6.61 Å². The topological polar surface area (TPSA) is 79.1 Å². The molecule has 7 nitrogen and oxygen atoms in total. The van der Waals surface area contributed by atoms with Crippen LogP contribution in [0.4, 0.5) is 0 Å². The first kappa shape index (κ1) is 15.7. The van der Waals surface area contributed by atoms with Crippen LogP contribution in [0.3, 0.4) is 0 Å². The number of nitrogens with zero attached hydrogens (tertiary/aromatic N) is 4. The van der Waals surface area contributed by atoms with Crippen molar-refractivity contribution in [1.29, 1.82) is 0 Å². The molecule has 122 valence electrons. The second kappa shape index (κ2) is 6.91. The largest absolute Gasteiger partial charge is 0.482 e. The SMILES string of the molecule is Cc1ccc(C)c(OCC(=O)Oc2ccc(-n3cnnn3)cc2)c1. The van der Waals surface area contributed by atoms with Gasteiger partial charge in [0.2, 0.25) is 0 Å². The van der Waals surface area contributed by atoms with Gasteiger partial charge in [-0.25, -0.2) is 9.48 Å². The Bertz CT molecular complexity index is 830. The van der Waals surface area contributed by atoms with E-state index in [1.807, 2.05) is 32.0 Å². The molecule has 0 saturated heterocycles. The van der Waals surface area contributed by atoms with E-state index in [0.717, 1.165) is 16.8 Å². The summed E-state index contributed by atoms with van der Waals surface area (Å²) in [4.78, 5) is 11.9. The van der Waals surface area contributed by atoms with Crippen LogP contribution in [0.25, 0.3) is 5.69 Å². The summed E-state index contributed by atoms with van der Waals surface area (Å²) in [6.45, 7) is 3.74. The van der Waals surface area contributed by atoms with Crippen LogP contribution in [0.2, 0.25) is 0 Å². The highest BCUT2D eigenvalue weighted by Crippen LogP contribution is 2.19. The second-order valence-corrected chi connectivity index (χ2v) is 5.28. The molecule has 0 atom stereocenters. The van der Waals surface area contributed by atoms with E-state index in [2.05, 4.69) is 15.5 Å². The molecule has 7 heteroatoms. The van der Waals surface area contributed by atoms with Crippen molar-refractivity contribution < 1.29 is 14.3 Å². The number of rotatable bonds is 5. The van der Waals surface area contributed by atoms with E-state index in [1.165, 1.54) is 11.0 Å². The highest BCUT2D eigenvalue weighted by Gasteiger charge is 2.08. The Morgan fingerprint density at radius 2 is 1.92 bits per heavy atom. The van der Waals surface area contributed by atoms with E-state index in [4.69, 9.17) is 9.47 Å². The second-order valence-electron chi connectivity index (χ2n) is 5.28. The van der Waals surface area contributed by atoms with Gasteiger partial charge in [0, 0.05) is 0 Å². The Hall–Kier alpha value is -3.22. The summed E-state index contributed by atoms with van der Waals surface area (Å²) < 4.78 is 12.3. The van der Waals surface area contributed by atoms with Gasteiger partial charge in [-0.3, -0.25) is 0 Å². The minimum atomic E-state index is -0.467. The van der Waals surface area contributed by atoms with Crippen molar-refractivity contribution in [2.75, 3.05) is 6.61 Å². The number of carbonyl (C=O) groups excluding carboxylic acids is 1. The van der Waals surface area contributed by atoms with Gasteiger partial charge >= 0.3 is 5.97 Å². The fraction of sp³-hybridized carbons (Fsp3) is 0.176. The van der Waals surface area contributed by atoms with Gasteiger partial charge in [-0.05, 0) is 65.7 Å². The number of aromatic nitrogens is 4. The quantitative estimate of drug-likeness (QED) is 0.529. The minimum absolute atomic E-state index is 0.154. The maximum Gasteiger partial charge on any atom is 0.349 e. The fourth-order valence-corrected chi connectivity index (χ4v) is 2.11. The zero-order chi connectivity index (χ0) is 16.9. The van der Waals surface area contributed by atoms with Gasteiger partial charge in [-0.15, -0.1) is 5.10 Å². The van der Waals surface area contributed by atoms with E-state index < -0.39 is 5.97 Å². The first-order valence-electron chi connectivity index (χ1n) is 7.36. The Morgan fingerprint density at radius 3 is 2.62 bits per heavy atom. The van der Waals surface area contributed by atoms with Gasteiger partial charge in [-0.1, -0.05) is 12.1 Å². The predicted molar refractivity (Wildman–Crippen MR) is 86.2 cm³/mol. The van der Waals surface area contributed by atoms with Gasteiger partial charge in [0.15, 0.2) is 6.61 Å². The summed E-state index contributed by atoms with van der Waals surface area (Å²) in [5.41, 5.74) is 2.81. The molecule has 3 rings (SSSR count). The van der Waals surface area contributed by atoms with Gasteiger partial charge in [0.05, 0.1) is 5.69 Å². The third kappa shape index (κ3) is 3.75. The molecule has 0 fully saturated rings. The van der Waals surface area contributed by atoms with E-state index >= 15 is 0 Å². The van der Waals surface area contributed by atoms with E-state index in [0.29, 0.717) is 11.5 Å². The summed E-state index contributed by atoms with van der Waals surface area (Å²) >= 11 is 0. The van der Waals surface area contributed by atoms with E-state index in [1.54, 1.807) is 24.3 Å². The number of carbonyl (C=O) groups is 1. The standard InChI is InChI=1S/C17H16N4O3/c1-12-3-4-13(2)16(9-12)23-10-17(22)24-15-7-5-14(6-8-15)21-11-18-19-20-21/h3-9,11H,10H2,1-2H3. The molecule has 0 N–H and O–H groups in total. The van der Waals surface area contributed by atoms with Crippen LogP contribution in [-0.2, 0) is 4.79 Å². The van der Waals surface area contributed by atoms with Crippen LogP contribution in [0, 0.1) is 13.8 Å². The molecule has 1 aromatic heterocycles. The average Bonchev–Trinajstić information content (AvgIpc) is 3.11. The highest BCUT2D eigenvalue weighted by atomic mass is 16.6. The maximum atomic E-state index is 11.9. The summed E-state index contributed by atoms with van der Waals surface area (Å²) in [6.07, 6.45) is 1.49. The molecule has 0 aliphatic carbocycles. The van der Waals surface area contributed by atoms with Crippen LogP contribution in [0.1, 0.15) is 11.1 Å². The van der Waals surface area contributed by atoms with Crippen LogP contribution in [-0.4, -0.2) is 32.8 Å². The zero-order valence-electron chi connectivity index (χ0n) is 13.3. The third-order valence-electron chi connectivity index (χ3n) is 3.37. The van der Waals surface area contributed by atoms with Crippen LogP contribution >= 0.6 is 0 Å². The minimum Gasteiger partial charge on any atom is -0.482 e. The van der Waals surface area contributed by atoms with Crippen molar-refractivity contribution in [1.82, 2.24) is 20.2 Å². The van der Waals surface area contributed by atoms with Gasteiger partial charge in [0.25, 0.3) is 0 Å². The molecule has 0 amide bonds. The highest BCUT2D eigenvalue weighted by molar-refractivity contribution is 5.74. The van der Waals surface area contributed by atoms with Crippen LogP contribution < -0.4 is 9.47 Å². The number of ether oxygens (including phenoxy) is 2. The molecule has 0 bridgehead atoms. The zero-order valence-corrected chi connectivity index (χ0v) is 13.3. The molecule has 0 spiro atoms. The molecule has 2 aromatic carbocycles. The number of tetrazole rings is 1. The van der Waals surface area contributed by atoms with Crippen LogP contribution in [0.5, 0.6) is 11.5 Å². The summed E-state index contributed by atoms with van der Waals surface area (Å²) in [5.74, 6) is 0.647. The molecule has 0 radical (unpaired) electrons. The number of hydrogen-bond acceptors (Lipinski definition) is 6. The van der Waals surface area contributed by atoms with Crippen molar-refractivity contribution in [2.45, 2.75) is 13.8 Å². The molecule has 1 heterocycles. The lowest BCUT2D eigenvalue weighted by molar-refractivity contribution is -0.136. The van der Waals surface area contributed by atoms with Crippen LogP contribution in [0.15, 0.2) is 48.8 Å². The molecular weight excluding hydrogens is 308 g/mol. The molecule has 0 unspecified atom stereocenters. The number of benzene rings is 2. The Kier molecular flexibility index (Phi) is 4.51. The molecule has 0 saturated carbocycles. The smallest absolute Gasteiger partial charge is 0.349 e. The Morgan fingerprint density at radius 1 is 1.12 bits per heavy atom. The van der Waals surface area contributed by atoms with Gasteiger partial charge < -0.3 is 9.47 Å². The lowest BCUT2D eigenvalue weighted by atomic mass is 10.1. The molecular formula is C17H16N4O3. The fourth-order valence-electron chi connectivity index (χ4n) is 2.11. The lowest BCUT2D eigenvalue weighted by Crippen LogP contribution is -2.18. The molecule has 3 aromatic rings. The summed E-state index contributed by atoms with van der Waals surface area (Å²) in [6, 6.07) is 12.7. The first-order chi connectivity index (χ1) is 11.6. The average molecular weight is 324 g/mol. The third-order valence-corrected chi connectivity index (χ3v) is 3.37. The van der Waals surface area contributed by atoms with Crippen molar-refractivity contribution in [2.24, 2.45) is 0 Å². The summed E-state index contributed by atoms with van der Waals surface area (Å²) in [5, 5.41) is 10.9. The number of aryl methyl sites for hydroxylation is 2. The van der Waals surface area contributed by atoms with Crippen molar-refractivity contribution in [3.05, 3.63) is 59.9 Å². The maximum absolute atomic E-state index is 11.9. The van der Waals surface area contributed by atoms with Gasteiger partial charge in [-0.2, -0.15) is 0 Å². The monoisotopic (exact) mass is 324 g/mol. The van der Waals surface area contributed by atoms with Gasteiger partial charge in [0.1, 0.15) is 17.8 Å². The molecule has 24 heavy (non-hydrogen) atoms. The molecule has 0 aliphatic heterocycles. The van der Waals surface area contributed by atoms with Crippen molar-refractivity contribution in [3.63, 3.8) is 0 Å². The van der Waals surface area contributed by atoms with E-state index in [9.17, 15) is 4.79 Å².